The Morgan fingerprint density at radius 1 is 1.55 bits per heavy atom. The fourth-order valence-electron chi connectivity index (χ4n) is 1.29. The minimum atomic E-state index is -1.11. The summed E-state index contributed by atoms with van der Waals surface area (Å²) in [6.45, 7) is -0.260. The predicted octanol–water partition coefficient (Wildman–Crippen LogP) is 1.24. The van der Waals surface area contributed by atoms with Gasteiger partial charge in [0.2, 0.25) is 0 Å². The number of hydrogen-bond donors (Lipinski definition) is 1. The molecule has 108 valence electrons. The van der Waals surface area contributed by atoms with Crippen molar-refractivity contribution in [2.45, 2.75) is 5.38 Å². The van der Waals surface area contributed by atoms with E-state index in [1.54, 1.807) is 0 Å². The summed E-state index contributed by atoms with van der Waals surface area (Å²) in [4.78, 5) is 32.3. The Kier molecular flexibility index (Phi) is 5.39. The smallest absolute Gasteiger partial charge is 0.325 e. The van der Waals surface area contributed by atoms with Gasteiger partial charge in [-0.25, -0.2) is 4.39 Å². The maximum Gasteiger partial charge on any atom is 0.325 e. The number of nitro groups is 1. The molecule has 1 unspecified atom stereocenters. The van der Waals surface area contributed by atoms with Gasteiger partial charge in [-0.1, -0.05) is 0 Å². The number of amides is 1. The average Bonchev–Trinajstić information content (AvgIpc) is 2.43. The molecule has 0 saturated heterocycles. The molecule has 0 spiro atoms. The molecule has 0 saturated carbocycles. The van der Waals surface area contributed by atoms with E-state index in [1.807, 2.05) is 0 Å². The lowest BCUT2D eigenvalue weighted by Crippen LogP contribution is -2.34. The lowest BCUT2D eigenvalue weighted by molar-refractivity contribution is -0.385. The summed E-state index contributed by atoms with van der Waals surface area (Å²) in [5.41, 5.74) is -0.854. The van der Waals surface area contributed by atoms with Crippen LogP contribution in [0.4, 0.5) is 10.1 Å². The molecule has 9 heteroatoms. The molecule has 1 aromatic rings. The van der Waals surface area contributed by atoms with E-state index in [4.69, 9.17) is 11.6 Å². The first-order valence-electron chi connectivity index (χ1n) is 5.31. The van der Waals surface area contributed by atoms with Crippen molar-refractivity contribution < 1.29 is 23.6 Å². The largest absolute Gasteiger partial charge is 0.468 e. The van der Waals surface area contributed by atoms with E-state index in [-0.39, 0.29) is 12.1 Å². The van der Waals surface area contributed by atoms with E-state index in [0.29, 0.717) is 6.07 Å². The Morgan fingerprint density at radius 3 is 2.70 bits per heavy atom. The summed E-state index contributed by atoms with van der Waals surface area (Å²) in [6.07, 6.45) is 0. The van der Waals surface area contributed by atoms with Gasteiger partial charge in [-0.15, -0.1) is 11.6 Å². The van der Waals surface area contributed by atoms with Crippen molar-refractivity contribution in [2.24, 2.45) is 0 Å². The molecule has 20 heavy (non-hydrogen) atoms. The van der Waals surface area contributed by atoms with Crippen LogP contribution in [-0.2, 0) is 9.53 Å². The number of rotatable bonds is 5. The third kappa shape index (κ3) is 3.89. The van der Waals surface area contributed by atoms with Gasteiger partial charge >= 0.3 is 5.97 Å². The van der Waals surface area contributed by atoms with Crippen LogP contribution in [0.2, 0.25) is 0 Å². The summed E-state index contributed by atoms with van der Waals surface area (Å²) < 4.78 is 17.9. The molecule has 0 bridgehead atoms. The number of methoxy groups -OCH3 is 1. The van der Waals surface area contributed by atoms with Gasteiger partial charge in [0.1, 0.15) is 11.2 Å². The van der Waals surface area contributed by atoms with Crippen molar-refractivity contribution >= 4 is 29.2 Å². The summed E-state index contributed by atoms with van der Waals surface area (Å²) >= 11 is 5.60. The zero-order valence-corrected chi connectivity index (χ0v) is 11.0. The zero-order chi connectivity index (χ0) is 15.3. The van der Waals surface area contributed by atoms with Crippen LogP contribution in [-0.4, -0.2) is 35.8 Å². The number of esters is 1. The normalized spacial score (nSPS) is 11.6. The van der Waals surface area contributed by atoms with Crippen LogP contribution < -0.4 is 5.32 Å². The SMILES string of the molecule is COC(=O)C(Cl)CNC(=O)c1ccc([N+](=O)[O-])cc1F. The fourth-order valence-corrected chi connectivity index (χ4v) is 1.46. The summed E-state index contributed by atoms with van der Waals surface area (Å²) in [5, 5.41) is 11.5. The van der Waals surface area contributed by atoms with E-state index < -0.39 is 33.7 Å². The third-order valence-electron chi connectivity index (χ3n) is 2.31. The number of carbonyl (C=O) groups is 2. The number of non-ortho nitro benzene ring substituents is 1. The van der Waals surface area contributed by atoms with Gasteiger partial charge < -0.3 is 10.1 Å². The number of hydrogen-bond acceptors (Lipinski definition) is 5. The van der Waals surface area contributed by atoms with Crippen molar-refractivity contribution in [3.8, 4) is 0 Å². The van der Waals surface area contributed by atoms with Gasteiger partial charge in [0, 0.05) is 12.6 Å². The van der Waals surface area contributed by atoms with Gasteiger partial charge in [0.25, 0.3) is 11.6 Å². The molecule has 1 N–H and O–H groups in total. The lowest BCUT2D eigenvalue weighted by atomic mass is 10.2. The highest BCUT2D eigenvalue weighted by molar-refractivity contribution is 6.30. The Balaban J connectivity index is 2.73. The second-order valence-corrected chi connectivity index (χ2v) is 4.15. The van der Waals surface area contributed by atoms with Gasteiger partial charge in [0.05, 0.1) is 23.7 Å². The van der Waals surface area contributed by atoms with Crippen LogP contribution in [0, 0.1) is 15.9 Å². The molecule has 1 rings (SSSR count). The van der Waals surface area contributed by atoms with E-state index in [0.717, 1.165) is 19.2 Å². The highest BCUT2D eigenvalue weighted by Crippen LogP contribution is 2.16. The van der Waals surface area contributed by atoms with Crippen LogP contribution in [0.1, 0.15) is 10.4 Å². The van der Waals surface area contributed by atoms with Gasteiger partial charge in [-0.3, -0.25) is 19.7 Å². The summed E-state index contributed by atoms with van der Waals surface area (Å²) in [5.74, 6) is -2.62. The molecule has 0 aliphatic rings. The quantitative estimate of drug-likeness (QED) is 0.382. The number of ether oxygens (including phenoxy) is 1. The average molecular weight is 305 g/mol. The van der Waals surface area contributed by atoms with Crippen molar-refractivity contribution in [3.05, 3.63) is 39.7 Å². The number of benzene rings is 1. The molecular weight excluding hydrogens is 295 g/mol. The second kappa shape index (κ2) is 6.80. The van der Waals surface area contributed by atoms with Crippen molar-refractivity contribution in [2.75, 3.05) is 13.7 Å². The predicted molar refractivity (Wildman–Crippen MR) is 67.0 cm³/mol. The van der Waals surface area contributed by atoms with Crippen LogP contribution in [0.15, 0.2) is 18.2 Å². The zero-order valence-electron chi connectivity index (χ0n) is 10.3. The van der Waals surface area contributed by atoms with Crippen molar-refractivity contribution in [1.82, 2.24) is 5.32 Å². The van der Waals surface area contributed by atoms with Gasteiger partial charge in [0.15, 0.2) is 0 Å². The number of halogens is 2. The monoisotopic (exact) mass is 304 g/mol. The first-order chi connectivity index (χ1) is 9.36. The molecule has 7 nitrogen and oxygen atoms in total. The Bertz CT molecular complexity index is 552. The summed E-state index contributed by atoms with van der Waals surface area (Å²) in [7, 11) is 1.13. The molecule has 0 aliphatic heterocycles. The minimum Gasteiger partial charge on any atom is -0.468 e. The van der Waals surface area contributed by atoms with E-state index in [9.17, 15) is 24.1 Å². The van der Waals surface area contributed by atoms with E-state index in [2.05, 4.69) is 10.1 Å². The van der Waals surface area contributed by atoms with Crippen molar-refractivity contribution in [3.63, 3.8) is 0 Å². The van der Waals surface area contributed by atoms with Crippen LogP contribution in [0.3, 0.4) is 0 Å². The molecule has 1 atom stereocenters. The third-order valence-corrected chi connectivity index (χ3v) is 2.64. The Labute approximate surface area is 117 Å². The number of alkyl halides is 1. The molecule has 1 amide bonds. The number of nitro benzene ring substituents is 1. The lowest BCUT2D eigenvalue weighted by Gasteiger charge is -2.09. The molecular formula is C11H10ClFN2O5. The summed E-state index contributed by atoms with van der Waals surface area (Å²) in [6, 6.07) is 2.61. The molecule has 0 aliphatic carbocycles. The molecule has 0 aromatic heterocycles. The maximum atomic E-state index is 13.5. The highest BCUT2D eigenvalue weighted by Gasteiger charge is 2.20. The molecule has 0 radical (unpaired) electrons. The van der Waals surface area contributed by atoms with Gasteiger partial charge in [-0.05, 0) is 6.07 Å². The van der Waals surface area contributed by atoms with Crippen molar-refractivity contribution in [1.29, 1.82) is 0 Å². The van der Waals surface area contributed by atoms with Gasteiger partial charge in [-0.2, -0.15) is 0 Å². The minimum absolute atomic E-state index is 0.260. The molecule has 1 aromatic carbocycles. The molecule has 0 fully saturated rings. The Hall–Kier alpha value is -2.22. The first kappa shape index (κ1) is 15.8. The van der Waals surface area contributed by atoms with Crippen LogP contribution in [0.25, 0.3) is 0 Å². The topological polar surface area (TPSA) is 98.5 Å². The standard InChI is InChI=1S/C11H10ClFN2O5/c1-20-11(17)8(12)5-14-10(16)7-3-2-6(15(18)19)4-9(7)13/h2-4,8H,5H2,1H3,(H,14,16). The number of carbonyl (C=O) groups excluding carboxylic acids is 2. The van der Waals surface area contributed by atoms with E-state index >= 15 is 0 Å². The maximum absolute atomic E-state index is 13.5. The number of nitrogens with one attached hydrogen (secondary N) is 1. The second-order valence-electron chi connectivity index (χ2n) is 3.62. The first-order valence-corrected chi connectivity index (χ1v) is 5.74. The van der Waals surface area contributed by atoms with Crippen LogP contribution >= 0.6 is 11.6 Å². The fraction of sp³-hybridized carbons (Fsp3) is 0.273. The Morgan fingerprint density at radius 2 is 2.20 bits per heavy atom. The highest BCUT2D eigenvalue weighted by atomic mass is 35.5. The van der Waals surface area contributed by atoms with E-state index in [1.165, 1.54) is 0 Å². The number of nitrogens with zero attached hydrogens (tertiary/aromatic N) is 1. The van der Waals surface area contributed by atoms with Crippen LogP contribution in [0.5, 0.6) is 0 Å². The molecule has 0 heterocycles.